The molecule has 1 aliphatic rings. The molecule has 1 aromatic carbocycles. The van der Waals surface area contributed by atoms with Gasteiger partial charge in [0, 0.05) is 0 Å². The number of halogens is 4. The Morgan fingerprint density at radius 3 is 2.19 bits per heavy atom. The molecule has 21 heavy (non-hydrogen) atoms. The lowest BCUT2D eigenvalue weighted by molar-refractivity contribution is -0.140. The van der Waals surface area contributed by atoms with Crippen LogP contribution in [-0.2, 0) is 6.18 Å². The van der Waals surface area contributed by atoms with E-state index < -0.39 is 29.8 Å². The second kappa shape index (κ2) is 6.32. The molecule has 0 aliphatic heterocycles. The highest BCUT2D eigenvalue weighted by Gasteiger charge is 2.35. The van der Waals surface area contributed by atoms with Crippen molar-refractivity contribution in [2.75, 3.05) is 0 Å². The zero-order valence-corrected chi connectivity index (χ0v) is 11.4. The van der Waals surface area contributed by atoms with Gasteiger partial charge in [-0.2, -0.15) is 13.2 Å². The summed E-state index contributed by atoms with van der Waals surface area (Å²) in [6.45, 7) is 0. The second-order valence-electron chi connectivity index (χ2n) is 5.57. The van der Waals surface area contributed by atoms with Gasteiger partial charge in [-0.15, -0.1) is 0 Å². The lowest BCUT2D eigenvalue weighted by atomic mass is 9.82. The van der Waals surface area contributed by atoms with Gasteiger partial charge in [-0.05, 0) is 36.5 Å². The summed E-state index contributed by atoms with van der Waals surface area (Å²) in [5, 5.41) is 20.2. The van der Waals surface area contributed by atoms with Crippen LogP contribution in [0.3, 0.4) is 0 Å². The van der Waals surface area contributed by atoms with Crippen molar-refractivity contribution in [3.8, 4) is 0 Å². The first kappa shape index (κ1) is 16.2. The van der Waals surface area contributed by atoms with Crippen LogP contribution in [-0.4, -0.2) is 16.3 Å². The Kier molecular flexibility index (Phi) is 4.88. The van der Waals surface area contributed by atoms with Crippen LogP contribution in [0, 0.1) is 11.7 Å². The van der Waals surface area contributed by atoms with E-state index in [4.69, 9.17) is 0 Å². The minimum Gasteiger partial charge on any atom is -0.390 e. The number of benzene rings is 1. The van der Waals surface area contributed by atoms with Gasteiger partial charge in [-0.1, -0.05) is 25.3 Å². The van der Waals surface area contributed by atoms with Crippen molar-refractivity contribution in [2.45, 2.75) is 50.5 Å². The molecule has 1 aromatic rings. The molecule has 0 spiro atoms. The van der Waals surface area contributed by atoms with E-state index in [0.717, 1.165) is 38.2 Å². The van der Waals surface area contributed by atoms with Gasteiger partial charge in [-0.3, -0.25) is 0 Å². The van der Waals surface area contributed by atoms with E-state index >= 15 is 0 Å². The molecule has 2 atom stereocenters. The molecule has 0 aromatic heterocycles. The Morgan fingerprint density at radius 2 is 1.67 bits per heavy atom. The summed E-state index contributed by atoms with van der Waals surface area (Å²) in [5.74, 6) is -1.53. The first-order chi connectivity index (χ1) is 9.80. The van der Waals surface area contributed by atoms with Crippen LogP contribution in [0.4, 0.5) is 17.6 Å². The Hall–Kier alpha value is -1.14. The summed E-state index contributed by atoms with van der Waals surface area (Å²) < 4.78 is 50.9. The van der Waals surface area contributed by atoms with Gasteiger partial charge in [0.15, 0.2) is 0 Å². The minimum atomic E-state index is -4.77. The lowest BCUT2D eigenvalue weighted by Crippen LogP contribution is -2.29. The number of alkyl halides is 3. The summed E-state index contributed by atoms with van der Waals surface area (Å²) in [5.41, 5.74) is -1.40. The maximum atomic E-state index is 13.5. The molecule has 2 unspecified atom stereocenters. The topological polar surface area (TPSA) is 40.5 Å². The number of hydrogen-bond donors (Lipinski definition) is 2. The molecule has 6 heteroatoms. The first-order valence-corrected chi connectivity index (χ1v) is 7.03. The highest BCUT2D eigenvalue weighted by Crippen LogP contribution is 2.35. The third-order valence-corrected chi connectivity index (χ3v) is 4.10. The Morgan fingerprint density at radius 1 is 1.05 bits per heavy atom. The third-order valence-electron chi connectivity index (χ3n) is 4.10. The van der Waals surface area contributed by atoms with E-state index in [1.165, 1.54) is 0 Å². The summed E-state index contributed by atoms with van der Waals surface area (Å²) in [6.07, 6.45) is -2.70. The minimum absolute atomic E-state index is 0.0291. The van der Waals surface area contributed by atoms with Crippen LogP contribution >= 0.6 is 0 Å². The van der Waals surface area contributed by atoms with Crippen LogP contribution in [0.2, 0.25) is 0 Å². The summed E-state index contributed by atoms with van der Waals surface area (Å²) in [4.78, 5) is 0. The zero-order chi connectivity index (χ0) is 15.6. The van der Waals surface area contributed by atoms with Gasteiger partial charge in [0.05, 0.1) is 11.7 Å². The molecule has 1 fully saturated rings. The number of aliphatic hydroxyl groups is 2. The highest BCUT2D eigenvalue weighted by atomic mass is 19.4. The molecule has 0 bridgehead atoms. The molecular formula is C15H18F4O2. The fourth-order valence-corrected chi connectivity index (χ4v) is 2.88. The first-order valence-electron chi connectivity index (χ1n) is 7.03. The summed E-state index contributed by atoms with van der Waals surface area (Å²) >= 11 is 0. The van der Waals surface area contributed by atoms with Gasteiger partial charge in [-0.25, -0.2) is 4.39 Å². The number of hydrogen-bond acceptors (Lipinski definition) is 2. The molecule has 2 nitrogen and oxygen atoms in total. The van der Waals surface area contributed by atoms with Crippen molar-refractivity contribution in [1.82, 2.24) is 0 Å². The van der Waals surface area contributed by atoms with E-state index in [2.05, 4.69) is 0 Å². The maximum Gasteiger partial charge on any atom is 0.419 e. The van der Waals surface area contributed by atoms with Crippen LogP contribution < -0.4 is 0 Å². The summed E-state index contributed by atoms with van der Waals surface area (Å²) in [6, 6.07) is 2.27. The Bertz CT molecular complexity index is 481. The van der Waals surface area contributed by atoms with E-state index in [1.807, 2.05) is 0 Å². The number of rotatable bonds is 3. The lowest BCUT2D eigenvalue weighted by Gasteiger charge is -2.30. The number of aliphatic hydroxyl groups excluding tert-OH is 2. The maximum absolute atomic E-state index is 13.5. The van der Waals surface area contributed by atoms with E-state index in [9.17, 15) is 27.8 Å². The molecule has 2 rings (SSSR count). The van der Waals surface area contributed by atoms with Crippen LogP contribution in [0.15, 0.2) is 18.2 Å². The van der Waals surface area contributed by atoms with Crippen molar-refractivity contribution in [1.29, 1.82) is 0 Å². The van der Waals surface area contributed by atoms with Crippen LogP contribution in [0.5, 0.6) is 0 Å². The fourth-order valence-electron chi connectivity index (χ4n) is 2.88. The monoisotopic (exact) mass is 306 g/mol. The van der Waals surface area contributed by atoms with Gasteiger partial charge in [0.2, 0.25) is 0 Å². The van der Waals surface area contributed by atoms with Crippen molar-refractivity contribution in [3.63, 3.8) is 0 Å². The summed E-state index contributed by atoms with van der Waals surface area (Å²) in [7, 11) is 0. The van der Waals surface area contributed by atoms with Gasteiger partial charge < -0.3 is 10.2 Å². The Balaban J connectivity index is 2.15. The molecule has 2 N–H and O–H groups in total. The molecule has 0 amide bonds. The molecule has 0 heterocycles. The largest absolute Gasteiger partial charge is 0.419 e. The van der Waals surface area contributed by atoms with Gasteiger partial charge in [0.25, 0.3) is 0 Å². The van der Waals surface area contributed by atoms with Crippen LogP contribution in [0.25, 0.3) is 0 Å². The second-order valence-corrected chi connectivity index (χ2v) is 5.57. The molecular weight excluding hydrogens is 288 g/mol. The predicted octanol–water partition coefficient (Wildman–Crippen LogP) is 3.82. The molecule has 0 radical (unpaired) electrons. The molecule has 1 saturated carbocycles. The quantitative estimate of drug-likeness (QED) is 0.834. The molecule has 118 valence electrons. The smallest absolute Gasteiger partial charge is 0.390 e. The van der Waals surface area contributed by atoms with E-state index in [-0.39, 0.29) is 11.5 Å². The van der Waals surface area contributed by atoms with Crippen molar-refractivity contribution < 1.29 is 27.8 Å². The SMILES string of the molecule is OC(c1ccc(C(F)(F)F)c(F)c1)C(O)C1CCCCC1. The third kappa shape index (κ3) is 3.74. The van der Waals surface area contributed by atoms with Crippen molar-refractivity contribution >= 4 is 0 Å². The normalized spacial score (nSPS) is 20.3. The fraction of sp³-hybridized carbons (Fsp3) is 0.600. The van der Waals surface area contributed by atoms with E-state index in [0.29, 0.717) is 12.1 Å². The average Bonchev–Trinajstić information content (AvgIpc) is 2.45. The van der Waals surface area contributed by atoms with Gasteiger partial charge >= 0.3 is 6.18 Å². The van der Waals surface area contributed by atoms with Gasteiger partial charge in [0.1, 0.15) is 11.9 Å². The zero-order valence-electron chi connectivity index (χ0n) is 11.4. The standard InChI is InChI=1S/C15H18F4O2/c16-12-8-10(6-7-11(12)15(17,18)19)14(21)13(20)9-4-2-1-3-5-9/h6-9,13-14,20-21H,1-5H2. The van der Waals surface area contributed by atoms with Crippen LogP contribution in [0.1, 0.15) is 49.3 Å². The molecule has 1 aliphatic carbocycles. The molecule has 0 saturated heterocycles. The average molecular weight is 306 g/mol. The predicted molar refractivity (Wildman–Crippen MR) is 68.9 cm³/mol. The Labute approximate surface area is 120 Å². The van der Waals surface area contributed by atoms with Crippen molar-refractivity contribution in [3.05, 3.63) is 35.1 Å². The highest BCUT2D eigenvalue weighted by molar-refractivity contribution is 5.28. The van der Waals surface area contributed by atoms with E-state index in [1.54, 1.807) is 0 Å². The van der Waals surface area contributed by atoms with Crippen molar-refractivity contribution in [2.24, 2.45) is 5.92 Å².